The van der Waals surface area contributed by atoms with Crippen LogP contribution in [0.25, 0.3) is 11.1 Å². The third kappa shape index (κ3) is 4.96. The summed E-state index contributed by atoms with van der Waals surface area (Å²) in [4.78, 5) is 16.7. The molecule has 1 heterocycles. The standard InChI is InChI=1S/C24H19N3O3S/c28-24(20-10-6-9-19(17-20)18-7-2-1-3-8-18)26-21-12-14-22(15-13-21)31(29,30)27-23-11-4-5-16-25-23/h1-17H,(H,25,27)(H,26,28). The van der Waals surface area contributed by atoms with Crippen LogP contribution < -0.4 is 10.0 Å². The zero-order valence-corrected chi connectivity index (χ0v) is 17.2. The van der Waals surface area contributed by atoms with E-state index in [1.807, 2.05) is 48.5 Å². The van der Waals surface area contributed by atoms with E-state index < -0.39 is 10.0 Å². The van der Waals surface area contributed by atoms with Crippen molar-refractivity contribution in [3.8, 4) is 11.1 Å². The van der Waals surface area contributed by atoms with Crippen LogP contribution in [0.15, 0.2) is 108 Å². The summed E-state index contributed by atoms with van der Waals surface area (Å²) in [6.45, 7) is 0. The molecule has 1 amide bonds. The Kier molecular flexibility index (Phi) is 5.77. The molecule has 0 aliphatic rings. The average Bonchev–Trinajstić information content (AvgIpc) is 2.80. The predicted octanol–water partition coefficient (Wildman–Crippen LogP) is 4.80. The lowest BCUT2D eigenvalue weighted by molar-refractivity contribution is 0.102. The number of hydrogen-bond acceptors (Lipinski definition) is 4. The summed E-state index contributed by atoms with van der Waals surface area (Å²) in [5.74, 6) is -0.0434. The largest absolute Gasteiger partial charge is 0.322 e. The molecule has 154 valence electrons. The molecular formula is C24H19N3O3S. The SMILES string of the molecule is O=C(Nc1ccc(S(=O)(=O)Nc2ccccn2)cc1)c1cccc(-c2ccccc2)c1. The first kappa shape index (κ1) is 20.3. The second kappa shape index (κ2) is 8.81. The lowest BCUT2D eigenvalue weighted by Gasteiger charge is -2.10. The number of nitrogens with one attached hydrogen (secondary N) is 2. The van der Waals surface area contributed by atoms with Gasteiger partial charge < -0.3 is 5.32 Å². The van der Waals surface area contributed by atoms with Gasteiger partial charge in [0.2, 0.25) is 0 Å². The highest BCUT2D eigenvalue weighted by molar-refractivity contribution is 7.92. The molecule has 31 heavy (non-hydrogen) atoms. The van der Waals surface area contributed by atoms with Crippen LogP contribution in [0.1, 0.15) is 10.4 Å². The van der Waals surface area contributed by atoms with Gasteiger partial charge in [0.25, 0.3) is 15.9 Å². The van der Waals surface area contributed by atoms with Crippen LogP contribution in [-0.4, -0.2) is 19.3 Å². The minimum atomic E-state index is -3.77. The number of rotatable bonds is 6. The van der Waals surface area contributed by atoms with Gasteiger partial charge in [0, 0.05) is 17.4 Å². The number of hydrogen-bond donors (Lipinski definition) is 2. The topological polar surface area (TPSA) is 88.2 Å². The van der Waals surface area contributed by atoms with Gasteiger partial charge in [-0.2, -0.15) is 0 Å². The van der Waals surface area contributed by atoms with Crippen molar-refractivity contribution >= 4 is 27.4 Å². The molecular weight excluding hydrogens is 410 g/mol. The molecule has 0 aliphatic heterocycles. The van der Waals surface area contributed by atoms with E-state index in [9.17, 15) is 13.2 Å². The Morgan fingerprint density at radius 3 is 2.16 bits per heavy atom. The van der Waals surface area contributed by atoms with E-state index in [1.54, 1.807) is 36.4 Å². The van der Waals surface area contributed by atoms with Crippen LogP contribution in [0.5, 0.6) is 0 Å². The fourth-order valence-corrected chi connectivity index (χ4v) is 4.02. The Bertz CT molecular complexity index is 1290. The normalized spacial score (nSPS) is 11.0. The first-order chi connectivity index (χ1) is 15.0. The number of sulfonamides is 1. The van der Waals surface area contributed by atoms with Crippen molar-refractivity contribution in [3.05, 3.63) is 109 Å². The van der Waals surface area contributed by atoms with E-state index in [2.05, 4.69) is 15.0 Å². The third-order valence-electron chi connectivity index (χ3n) is 4.56. The van der Waals surface area contributed by atoms with E-state index >= 15 is 0 Å². The molecule has 0 atom stereocenters. The number of benzene rings is 3. The van der Waals surface area contributed by atoms with Gasteiger partial charge in [0.15, 0.2) is 0 Å². The zero-order valence-electron chi connectivity index (χ0n) is 16.4. The molecule has 0 spiro atoms. The molecule has 3 aromatic carbocycles. The van der Waals surface area contributed by atoms with Gasteiger partial charge >= 0.3 is 0 Å². The highest BCUT2D eigenvalue weighted by atomic mass is 32.2. The maximum absolute atomic E-state index is 12.7. The lowest BCUT2D eigenvalue weighted by Crippen LogP contribution is -2.14. The van der Waals surface area contributed by atoms with Crippen molar-refractivity contribution in [3.63, 3.8) is 0 Å². The van der Waals surface area contributed by atoms with Crippen LogP contribution in [0.4, 0.5) is 11.5 Å². The summed E-state index contributed by atoms with van der Waals surface area (Å²) in [7, 11) is -3.77. The third-order valence-corrected chi connectivity index (χ3v) is 5.93. The number of aromatic nitrogens is 1. The first-order valence-corrected chi connectivity index (χ1v) is 11.0. The fraction of sp³-hybridized carbons (Fsp3) is 0. The van der Waals surface area contributed by atoms with E-state index in [1.165, 1.54) is 18.3 Å². The van der Waals surface area contributed by atoms with Crippen LogP contribution in [0.3, 0.4) is 0 Å². The molecule has 0 saturated carbocycles. The van der Waals surface area contributed by atoms with Crippen molar-refractivity contribution in [1.29, 1.82) is 0 Å². The summed E-state index contributed by atoms with van der Waals surface area (Å²) in [5, 5.41) is 2.80. The Labute approximate surface area is 180 Å². The van der Waals surface area contributed by atoms with E-state index in [4.69, 9.17) is 0 Å². The molecule has 0 radical (unpaired) electrons. The Morgan fingerprint density at radius 1 is 0.742 bits per heavy atom. The molecule has 0 saturated heterocycles. The van der Waals surface area contributed by atoms with Gasteiger partial charge in [-0.3, -0.25) is 9.52 Å². The van der Waals surface area contributed by atoms with Gasteiger partial charge in [-0.25, -0.2) is 13.4 Å². The first-order valence-electron chi connectivity index (χ1n) is 9.52. The second-order valence-corrected chi connectivity index (χ2v) is 8.43. The highest BCUT2D eigenvalue weighted by Gasteiger charge is 2.15. The fourth-order valence-electron chi connectivity index (χ4n) is 3.01. The van der Waals surface area contributed by atoms with Crippen LogP contribution in [0.2, 0.25) is 0 Å². The van der Waals surface area contributed by atoms with Crippen LogP contribution >= 0.6 is 0 Å². The quantitative estimate of drug-likeness (QED) is 0.461. The maximum Gasteiger partial charge on any atom is 0.263 e. The zero-order chi connectivity index (χ0) is 21.7. The van der Waals surface area contributed by atoms with E-state index in [0.717, 1.165) is 11.1 Å². The Morgan fingerprint density at radius 2 is 1.45 bits per heavy atom. The van der Waals surface area contributed by atoms with Crippen molar-refractivity contribution in [2.24, 2.45) is 0 Å². The monoisotopic (exact) mass is 429 g/mol. The van der Waals surface area contributed by atoms with Crippen molar-refractivity contribution < 1.29 is 13.2 Å². The number of pyridine rings is 1. The minimum absolute atomic E-state index is 0.0715. The Balaban J connectivity index is 1.47. The molecule has 4 aromatic rings. The highest BCUT2D eigenvalue weighted by Crippen LogP contribution is 2.21. The second-order valence-electron chi connectivity index (χ2n) is 6.75. The maximum atomic E-state index is 12.7. The van der Waals surface area contributed by atoms with E-state index in [-0.39, 0.29) is 16.6 Å². The molecule has 4 rings (SSSR count). The van der Waals surface area contributed by atoms with Crippen molar-refractivity contribution in [1.82, 2.24) is 4.98 Å². The Hall–Kier alpha value is -3.97. The summed E-state index contributed by atoms with van der Waals surface area (Å²) < 4.78 is 27.4. The number of carbonyl (C=O) groups excluding carboxylic acids is 1. The van der Waals surface area contributed by atoms with Gasteiger partial charge in [-0.1, -0.05) is 48.5 Å². The summed E-state index contributed by atoms with van der Waals surface area (Å²) in [6.07, 6.45) is 1.50. The number of anilines is 2. The molecule has 0 unspecified atom stereocenters. The molecule has 0 aliphatic carbocycles. The number of carbonyl (C=O) groups is 1. The van der Waals surface area contributed by atoms with Gasteiger partial charge in [-0.15, -0.1) is 0 Å². The number of nitrogens with zero attached hydrogens (tertiary/aromatic N) is 1. The van der Waals surface area contributed by atoms with Crippen molar-refractivity contribution in [2.45, 2.75) is 4.90 Å². The summed E-state index contributed by atoms with van der Waals surface area (Å²) in [6, 6.07) is 28.0. The predicted molar refractivity (Wildman–Crippen MR) is 121 cm³/mol. The van der Waals surface area contributed by atoms with Gasteiger partial charge in [-0.05, 0) is 59.7 Å². The molecule has 1 aromatic heterocycles. The molecule has 6 nitrogen and oxygen atoms in total. The average molecular weight is 430 g/mol. The van der Waals surface area contributed by atoms with Gasteiger partial charge in [0.05, 0.1) is 4.90 Å². The molecule has 7 heteroatoms. The van der Waals surface area contributed by atoms with Crippen molar-refractivity contribution in [2.75, 3.05) is 10.0 Å². The molecule has 0 fully saturated rings. The molecule has 0 bridgehead atoms. The summed E-state index contributed by atoms with van der Waals surface area (Å²) >= 11 is 0. The summed E-state index contributed by atoms with van der Waals surface area (Å²) in [5.41, 5.74) is 2.96. The van der Waals surface area contributed by atoms with Crippen LogP contribution in [-0.2, 0) is 10.0 Å². The lowest BCUT2D eigenvalue weighted by atomic mass is 10.0. The molecule has 2 N–H and O–H groups in total. The van der Waals surface area contributed by atoms with Gasteiger partial charge in [0.1, 0.15) is 5.82 Å². The van der Waals surface area contributed by atoms with Crippen LogP contribution in [0, 0.1) is 0 Å². The minimum Gasteiger partial charge on any atom is -0.322 e. The number of amides is 1. The smallest absolute Gasteiger partial charge is 0.263 e. The van der Waals surface area contributed by atoms with E-state index in [0.29, 0.717) is 11.3 Å².